The highest BCUT2D eigenvalue weighted by molar-refractivity contribution is 7.91. The molecule has 0 aliphatic carbocycles. The van der Waals surface area contributed by atoms with Gasteiger partial charge in [-0.2, -0.15) is 0 Å². The molecule has 1 fully saturated rings. The molecule has 0 saturated carbocycles. The first-order valence-electron chi connectivity index (χ1n) is 7.73. The minimum Gasteiger partial charge on any atom is -0.310 e. The van der Waals surface area contributed by atoms with Crippen molar-refractivity contribution in [2.45, 2.75) is 26.3 Å². The van der Waals surface area contributed by atoms with Crippen molar-refractivity contribution in [2.24, 2.45) is 0 Å². The van der Waals surface area contributed by atoms with Crippen molar-refractivity contribution in [3.8, 4) is 0 Å². The van der Waals surface area contributed by atoms with Crippen molar-refractivity contribution >= 4 is 9.84 Å². The van der Waals surface area contributed by atoms with Crippen molar-refractivity contribution in [2.75, 3.05) is 37.7 Å². The molecule has 21 heavy (non-hydrogen) atoms. The lowest BCUT2D eigenvalue weighted by atomic mass is 9.98. The van der Waals surface area contributed by atoms with Gasteiger partial charge in [0.15, 0.2) is 9.84 Å². The van der Waals surface area contributed by atoms with Gasteiger partial charge in [-0.15, -0.1) is 0 Å². The summed E-state index contributed by atoms with van der Waals surface area (Å²) in [5, 5.41) is 3.55. The van der Waals surface area contributed by atoms with Crippen molar-refractivity contribution in [1.82, 2.24) is 10.2 Å². The van der Waals surface area contributed by atoms with Crippen LogP contribution in [-0.2, 0) is 9.84 Å². The summed E-state index contributed by atoms with van der Waals surface area (Å²) in [5.41, 5.74) is 2.66. The normalized spacial score (nSPS) is 20.3. The van der Waals surface area contributed by atoms with Gasteiger partial charge >= 0.3 is 0 Å². The highest BCUT2D eigenvalue weighted by atomic mass is 32.2. The zero-order chi connectivity index (χ0) is 15.3. The van der Waals surface area contributed by atoms with Gasteiger partial charge in [-0.05, 0) is 31.0 Å². The minimum atomic E-state index is -2.78. The second-order valence-electron chi connectivity index (χ2n) is 5.75. The monoisotopic (exact) mass is 310 g/mol. The van der Waals surface area contributed by atoms with Gasteiger partial charge in [0.2, 0.25) is 0 Å². The number of aryl methyl sites for hydroxylation is 1. The standard InChI is InChI=1S/C16H26N2O2S/c1-3-17-16(15-7-5-4-6-14(15)2)8-9-18-10-12-21(19,20)13-11-18/h4-7,16-17H,3,8-13H2,1-2H3. The fourth-order valence-corrected chi connectivity index (χ4v) is 4.15. The third kappa shape index (κ3) is 4.80. The summed E-state index contributed by atoms with van der Waals surface area (Å²) in [5.74, 6) is 0.618. The Kier molecular flexibility index (Phi) is 5.79. The molecule has 1 aliphatic heterocycles. The number of hydrogen-bond donors (Lipinski definition) is 1. The molecule has 1 aromatic rings. The molecule has 1 N–H and O–H groups in total. The number of nitrogens with zero attached hydrogens (tertiary/aromatic N) is 1. The van der Waals surface area contributed by atoms with Gasteiger partial charge in [-0.1, -0.05) is 31.2 Å². The van der Waals surface area contributed by atoms with Crippen LogP contribution in [0.5, 0.6) is 0 Å². The highest BCUT2D eigenvalue weighted by Gasteiger charge is 2.22. The average molecular weight is 310 g/mol. The lowest BCUT2D eigenvalue weighted by molar-refractivity contribution is 0.276. The van der Waals surface area contributed by atoms with E-state index in [0.29, 0.717) is 30.6 Å². The maximum Gasteiger partial charge on any atom is 0.152 e. The third-order valence-corrected chi connectivity index (χ3v) is 5.79. The van der Waals surface area contributed by atoms with E-state index in [1.165, 1.54) is 11.1 Å². The zero-order valence-corrected chi connectivity index (χ0v) is 13.8. The number of hydrogen-bond acceptors (Lipinski definition) is 4. The summed E-state index contributed by atoms with van der Waals surface area (Å²) in [6.07, 6.45) is 1.01. The summed E-state index contributed by atoms with van der Waals surface area (Å²) < 4.78 is 22.9. The molecule has 0 bridgehead atoms. The molecule has 1 atom stereocenters. The molecule has 118 valence electrons. The molecule has 1 saturated heterocycles. The van der Waals surface area contributed by atoms with Crippen LogP contribution in [0, 0.1) is 6.92 Å². The maximum atomic E-state index is 11.5. The molecular formula is C16H26N2O2S. The van der Waals surface area contributed by atoms with E-state index < -0.39 is 9.84 Å². The van der Waals surface area contributed by atoms with E-state index in [1.807, 2.05) is 0 Å². The van der Waals surface area contributed by atoms with Crippen molar-refractivity contribution in [1.29, 1.82) is 0 Å². The SMILES string of the molecule is CCNC(CCN1CCS(=O)(=O)CC1)c1ccccc1C. The number of sulfone groups is 1. The first-order chi connectivity index (χ1) is 10.0. The number of rotatable bonds is 6. The Bertz CT molecular complexity index is 543. The second-order valence-corrected chi connectivity index (χ2v) is 8.05. The Morgan fingerprint density at radius 3 is 2.52 bits per heavy atom. The Balaban J connectivity index is 1.94. The Hall–Kier alpha value is -0.910. The Morgan fingerprint density at radius 2 is 1.90 bits per heavy atom. The van der Waals surface area contributed by atoms with Crippen LogP contribution in [0.15, 0.2) is 24.3 Å². The number of benzene rings is 1. The maximum absolute atomic E-state index is 11.5. The van der Waals surface area contributed by atoms with Crippen LogP contribution in [0.3, 0.4) is 0 Å². The molecule has 1 aliphatic rings. The van der Waals surface area contributed by atoms with E-state index >= 15 is 0 Å². The van der Waals surface area contributed by atoms with Crippen molar-refractivity contribution in [3.63, 3.8) is 0 Å². The minimum absolute atomic E-state index is 0.309. The van der Waals surface area contributed by atoms with E-state index in [2.05, 4.69) is 48.3 Å². The van der Waals surface area contributed by atoms with Gasteiger partial charge in [0, 0.05) is 25.7 Å². The smallest absolute Gasteiger partial charge is 0.152 e. The summed E-state index contributed by atoms with van der Waals surface area (Å²) in [4.78, 5) is 2.27. The summed E-state index contributed by atoms with van der Waals surface area (Å²) in [7, 11) is -2.78. The van der Waals surface area contributed by atoms with Crippen LogP contribution < -0.4 is 5.32 Å². The lowest BCUT2D eigenvalue weighted by Gasteiger charge is -2.29. The van der Waals surface area contributed by atoms with Crippen LogP contribution >= 0.6 is 0 Å². The van der Waals surface area contributed by atoms with E-state index in [1.54, 1.807) is 0 Å². The van der Waals surface area contributed by atoms with E-state index in [-0.39, 0.29) is 0 Å². The fourth-order valence-electron chi connectivity index (χ4n) is 2.88. The Labute approximate surface area is 128 Å². The van der Waals surface area contributed by atoms with Gasteiger partial charge in [0.1, 0.15) is 0 Å². The van der Waals surface area contributed by atoms with Gasteiger partial charge in [-0.3, -0.25) is 0 Å². The van der Waals surface area contributed by atoms with Crippen LogP contribution in [0.2, 0.25) is 0 Å². The Morgan fingerprint density at radius 1 is 1.24 bits per heavy atom. The molecule has 4 nitrogen and oxygen atoms in total. The quantitative estimate of drug-likeness (QED) is 0.870. The van der Waals surface area contributed by atoms with Crippen LogP contribution in [-0.4, -0.2) is 51.0 Å². The lowest BCUT2D eigenvalue weighted by Crippen LogP contribution is -2.41. The largest absolute Gasteiger partial charge is 0.310 e. The fraction of sp³-hybridized carbons (Fsp3) is 0.625. The van der Waals surface area contributed by atoms with Gasteiger partial charge in [-0.25, -0.2) is 8.42 Å². The molecule has 5 heteroatoms. The summed E-state index contributed by atoms with van der Waals surface area (Å²) in [6.45, 7) is 7.50. The van der Waals surface area contributed by atoms with Crippen LogP contribution in [0.25, 0.3) is 0 Å². The summed E-state index contributed by atoms with van der Waals surface area (Å²) >= 11 is 0. The predicted molar refractivity (Wildman–Crippen MR) is 87.3 cm³/mol. The molecule has 1 unspecified atom stereocenters. The molecule has 0 amide bonds. The molecule has 0 aromatic heterocycles. The highest BCUT2D eigenvalue weighted by Crippen LogP contribution is 2.21. The second kappa shape index (κ2) is 7.38. The molecule has 0 spiro atoms. The third-order valence-electron chi connectivity index (χ3n) is 4.19. The van der Waals surface area contributed by atoms with E-state index in [0.717, 1.165) is 19.5 Å². The van der Waals surface area contributed by atoms with E-state index in [4.69, 9.17) is 0 Å². The van der Waals surface area contributed by atoms with Crippen molar-refractivity contribution < 1.29 is 8.42 Å². The predicted octanol–water partition coefficient (Wildman–Crippen LogP) is 1.77. The molecule has 0 radical (unpaired) electrons. The topological polar surface area (TPSA) is 49.4 Å². The molecular weight excluding hydrogens is 284 g/mol. The van der Waals surface area contributed by atoms with Crippen LogP contribution in [0.4, 0.5) is 0 Å². The molecule has 2 rings (SSSR count). The average Bonchev–Trinajstić information content (AvgIpc) is 2.45. The number of nitrogens with one attached hydrogen (secondary N) is 1. The van der Waals surface area contributed by atoms with Gasteiger partial charge in [0.05, 0.1) is 11.5 Å². The molecule has 1 heterocycles. The first kappa shape index (κ1) is 16.5. The first-order valence-corrected chi connectivity index (χ1v) is 9.55. The van der Waals surface area contributed by atoms with Crippen LogP contribution in [0.1, 0.15) is 30.5 Å². The van der Waals surface area contributed by atoms with Crippen molar-refractivity contribution in [3.05, 3.63) is 35.4 Å². The van der Waals surface area contributed by atoms with E-state index in [9.17, 15) is 8.42 Å². The zero-order valence-electron chi connectivity index (χ0n) is 13.0. The van der Waals surface area contributed by atoms with Gasteiger partial charge < -0.3 is 10.2 Å². The molecule has 1 aromatic carbocycles. The van der Waals surface area contributed by atoms with Gasteiger partial charge in [0.25, 0.3) is 0 Å². The summed E-state index contributed by atoms with van der Waals surface area (Å²) in [6, 6.07) is 8.82.